The van der Waals surface area contributed by atoms with Gasteiger partial charge in [0.2, 0.25) is 5.91 Å². The Morgan fingerprint density at radius 2 is 2.07 bits per heavy atom. The molecule has 8 heteroatoms. The van der Waals surface area contributed by atoms with Crippen molar-refractivity contribution in [2.24, 2.45) is 5.73 Å². The maximum absolute atomic E-state index is 12.8. The van der Waals surface area contributed by atoms with Crippen LogP contribution in [0, 0.1) is 0 Å². The monoisotopic (exact) mass is 375 g/mol. The van der Waals surface area contributed by atoms with E-state index in [9.17, 15) is 9.59 Å². The van der Waals surface area contributed by atoms with Gasteiger partial charge in [0.25, 0.3) is 5.56 Å². The average Bonchev–Trinajstić information content (AvgIpc) is 2.69. The molecule has 1 aliphatic rings. The first-order valence-electron chi connectivity index (χ1n) is 8.92. The van der Waals surface area contributed by atoms with Gasteiger partial charge in [0.15, 0.2) is 11.5 Å². The maximum Gasteiger partial charge on any atom is 0.259 e. The van der Waals surface area contributed by atoms with Crippen molar-refractivity contribution in [1.29, 1.82) is 0 Å². The number of benzene rings is 1. The van der Waals surface area contributed by atoms with Gasteiger partial charge in [-0.15, -0.1) is 0 Å². The summed E-state index contributed by atoms with van der Waals surface area (Å²) >= 11 is 0. The molecule has 8 nitrogen and oxygen atoms in total. The minimum Gasteiger partial charge on any atom is -0.493 e. The van der Waals surface area contributed by atoms with E-state index in [0.29, 0.717) is 54.9 Å². The number of rotatable bonds is 6. The fourth-order valence-electron chi connectivity index (χ4n) is 3.37. The zero-order chi connectivity index (χ0) is 19.4. The largest absolute Gasteiger partial charge is 0.493 e. The van der Waals surface area contributed by atoms with Crippen molar-refractivity contribution in [2.45, 2.75) is 19.1 Å². The van der Waals surface area contributed by atoms with Crippen molar-refractivity contribution >= 4 is 16.7 Å². The van der Waals surface area contributed by atoms with Crippen molar-refractivity contribution < 1.29 is 19.0 Å². The first-order chi connectivity index (χ1) is 13.1. The van der Waals surface area contributed by atoms with Crippen LogP contribution in [0.1, 0.15) is 6.42 Å². The van der Waals surface area contributed by atoms with Crippen molar-refractivity contribution in [3.05, 3.63) is 34.7 Å². The van der Waals surface area contributed by atoms with Crippen LogP contribution in [0.2, 0.25) is 0 Å². The van der Waals surface area contributed by atoms with Crippen LogP contribution in [-0.4, -0.2) is 61.9 Å². The lowest BCUT2D eigenvalue weighted by atomic mass is 10.1. The van der Waals surface area contributed by atoms with E-state index in [4.69, 9.17) is 19.9 Å². The normalized spacial score (nSPS) is 17.1. The molecule has 2 heterocycles. The number of amides is 1. The summed E-state index contributed by atoms with van der Waals surface area (Å²) in [7, 11) is 3.08. The highest BCUT2D eigenvalue weighted by Crippen LogP contribution is 2.33. The molecule has 1 amide bonds. The Kier molecular flexibility index (Phi) is 5.98. The number of hydrogen-bond donors (Lipinski definition) is 1. The topological polar surface area (TPSA) is 96.0 Å². The van der Waals surface area contributed by atoms with Crippen LogP contribution >= 0.6 is 0 Å². The lowest BCUT2D eigenvalue weighted by Crippen LogP contribution is -2.47. The molecule has 27 heavy (non-hydrogen) atoms. The Bertz CT molecular complexity index is 878. The summed E-state index contributed by atoms with van der Waals surface area (Å²) in [6, 6.07) is 5.14. The molecule has 0 radical (unpaired) electrons. The van der Waals surface area contributed by atoms with E-state index in [0.717, 1.165) is 0 Å². The molecule has 1 atom stereocenters. The zero-order valence-electron chi connectivity index (χ0n) is 15.6. The lowest BCUT2D eigenvalue weighted by molar-refractivity contribution is -0.139. The summed E-state index contributed by atoms with van der Waals surface area (Å²) in [6.45, 7) is 2.01. The molecule has 1 aliphatic heterocycles. The van der Waals surface area contributed by atoms with E-state index in [-0.39, 0.29) is 24.1 Å². The molecule has 3 rings (SSSR count). The highest BCUT2D eigenvalue weighted by molar-refractivity contribution is 5.90. The van der Waals surface area contributed by atoms with E-state index >= 15 is 0 Å². The Labute approximate surface area is 157 Å². The first kappa shape index (κ1) is 19.2. The Hall–Kier alpha value is -2.58. The van der Waals surface area contributed by atoms with Crippen molar-refractivity contribution in [3.63, 3.8) is 0 Å². The predicted molar refractivity (Wildman–Crippen MR) is 101 cm³/mol. The third kappa shape index (κ3) is 3.91. The van der Waals surface area contributed by atoms with Crippen molar-refractivity contribution in [2.75, 3.05) is 40.5 Å². The summed E-state index contributed by atoms with van der Waals surface area (Å²) in [6.07, 6.45) is 2.28. The van der Waals surface area contributed by atoms with E-state index in [1.807, 2.05) is 0 Å². The Balaban J connectivity index is 1.84. The summed E-state index contributed by atoms with van der Waals surface area (Å²) in [5.41, 5.74) is 5.33. The molecule has 1 unspecified atom stereocenters. The highest BCUT2D eigenvalue weighted by Gasteiger charge is 2.24. The number of methoxy groups -OCH3 is 2. The molecule has 1 saturated heterocycles. The number of aromatic nitrogens is 1. The van der Waals surface area contributed by atoms with Gasteiger partial charge >= 0.3 is 0 Å². The first-order valence-corrected chi connectivity index (χ1v) is 8.92. The maximum atomic E-state index is 12.8. The smallest absolute Gasteiger partial charge is 0.259 e. The molecule has 0 saturated carbocycles. The molecule has 1 fully saturated rings. The number of carbonyl (C=O) groups is 1. The minimum atomic E-state index is -0.242. The number of ether oxygens (including phenoxy) is 3. The van der Waals surface area contributed by atoms with Crippen LogP contribution in [0.3, 0.4) is 0 Å². The zero-order valence-corrected chi connectivity index (χ0v) is 15.6. The van der Waals surface area contributed by atoms with Gasteiger partial charge in [-0.3, -0.25) is 9.59 Å². The molecule has 2 N–H and O–H groups in total. The average molecular weight is 375 g/mol. The van der Waals surface area contributed by atoms with Gasteiger partial charge in [-0.1, -0.05) is 0 Å². The third-order valence-corrected chi connectivity index (χ3v) is 4.78. The van der Waals surface area contributed by atoms with Crippen LogP contribution in [0.15, 0.2) is 29.2 Å². The van der Waals surface area contributed by atoms with E-state index < -0.39 is 0 Å². The molecule has 0 bridgehead atoms. The fraction of sp³-hybridized carbons (Fsp3) is 0.474. The molecular formula is C19H25N3O5. The molecule has 1 aromatic heterocycles. The molecule has 2 aromatic rings. The van der Waals surface area contributed by atoms with Gasteiger partial charge in [-0.25, -0.2) is 0 Å². The van der Waals surface area contributed by atoms with Gasteiger partial charge in [0.05, 0.1) is 32.3 Å². The number of fused-ring (bicyclic) bond motifs is 1. The summed E-state index contributed by atoms with van der Waals surface area (Å²) < 4.78 is 17.7. The highest BCUT2D eigenvalue weighted by atomic mass is 16.5. The Morgan fingerprint density at radius 1 is 1.26 bits per heavy atom. The molecule has 1 aromatic carbocycles. The second-order valence-corrected chi connectivity index (χ2v) is 6.42. The second-order valence-electron chi connectivity index (χ2n) is 6.42. The number of morpholine rings is 1. The van der Waals surface area contributed by atoms with Gasteiger partial charge in [-0.2, -0.15) is 0 Å². The quantitative estimate of drug-likeness (QED) is 0.794. The number of hydrogen-bond acceptors (Lipinski definition) is 6. The lowest BCUT2D eigenvalue weighted by Gasteiger charge is -2.33. The van der Waals surface area contributed by atoms with Crippen molar-refractivity contribution in [1.82, 2.24) is 9.47 Å². The van der Waals surface area contributed by atoms with Crippen LogP contribution in [0.5, 0.6) is 11.5 Å². The van der Waals surface area contributed by atoms with E-state index in [1.54, 1.807) is 36.4 Å². The standard InChI is InChI=1S/C19H25N3O5/c1-25-16-4-3-15-14(18(16)26-2)6-8-22(19(15)24)12-17(23)21-9-10-27-13(11-21)5-7-20/h3-4,6,8,13H,5,7,9-12,20H2,1-2H3. The SMILES string of the molecule is COc1ccc2c(=O)n(CC(=O)N3CCOC(CCN)C3)ccc2c1OC. The number of carbonyl (C=O) groups excluding carboxylic acids is 1. The minimum absolute atomic E-state index is 0.0154. The van der Waals surface area contributed by atoms with Gasteiger partial charge in [0, 0.05) is 24.7 Å². The van der Waals surface area contributed by atoms with Gasteiger partial charge in [0.1, 0.15) is 6.54 Å². The predicted octanol–water partition coefficient (Wildman–Crippen LogP) is 0.595. The summed E-state index contributed by atoms with van der Waals surface area (Å²) in [4.78, 5) is 27.2. The van der Waals surface area contributed by atoms with Crippen LogP contribution < -0.4 is 20.8 Å². The van der Waals surface area contributed by atoms with Gasteiger partial charge in [-0.05, 0) is 31.2 Å². The van der Waals surface area contributed by atoms with Crippen molar-refractivity contribution in [3.8, 4) is 11.5 Å². The summed E-state index contributed by atoms with van der Waals surface area (Å²) in [5.74, 6) is 0.947. The van der Waals surface area contributed by atoms with Crippen LogP contribution in [0.25, 0.3) is 10.8 Å². The fourth-order valence-corrected chi connectivity index (χ4v) is 3.37. The Morgan fingerprint density at radius 3 is 2.78 bits per heavy atom. The third-order valence-electron chi connectivity index (χ3n) is 4.78. The second kappa shape index (κ2) is 8.41. The van der Waals surface area contributed by atoms with E-state index in [2.05, 4.69) is 0 Å². The number of pyridine rings is 1. The molecule has 0 aliphatic carbocycles. The molecule has 0 spiro atoms. The molecule has 146 valence electrons. The van der Waals surface area contributed by atoms with Gasteiger partial charge < -0.3 is 29.4 Å². The number of nitrogens with zero attached hydrogens (tertiary/aromatic N) is 2. The van der Waals surface area contributed by atoms with Crippen LogP contribution in [0.4, 0.5) is 0 Å². The van der Waals surface area contributed by atoms with E-state index in [1.165, 1.54) is 11.7 Å². The molecular weight excluding hydrogens is 350 g/mol. The van der Waals surface area contributed by atoms with Crippen LogP contribution in [-0.2, 0) is 16.1 Å². The summed E-state index contributed by atoms with van der Waals surface area (Å²) in [5, 5.41) is 1.13. The number of nitrogens with two attached hydrogens (primary N) is 1.